The van der Waals surface area contributed by atoms with Gasteiger partial charge in [0, 0.05) is 38.4 Å². The van der Waals surface area contributed by atoms with Gasteiger partial charge in [-0.3, -0.25) is 4.90 Å². The lowest BCUT2D eigenvalue weighted by Gasteiger charge is -2.50. The van der Waals surface area contributed by atoms with Crippen molar-refractivity contribution in [2.45, 2.75) is 44.7 Å². The van der Waals surface area contributed by atoms with Gasteiger partial charge in [-0.25, -0.2) is 0 Å². The van der Waals surface area contributed by atoms with Crippen LogP contribution in [-0.2, 0) is 4.74 Å². The van der Waals surface area contributed by atoms with E-state index >= 15 is 0 Å². The standard InChI is InChI=1S/C11H24N2O/c1-4-6-11(12)8-13(9-11)10(2)5-7-14-3/h10H,4-9,12H2,1-3H3. The van der Waals surface area contributed by atoms with E-state index in [0.717, 1.165) is 32.5 Å². The first-order chi connectivity index (χ1) is 6.61. The van der Waals surface area contributed by atoms with Gasteiger partial charge in [0.25, 0.3) is 0 Å². The molecule has 0 amide bonds. The molecule has 0 spiro atoms. The van der Waals surface area contributed by atoms with Crippen molar-refractivity contribution in [3.63, 3.8) is 0 Å². The van der Waals surface area contributed by atoms with Gasteiger partial charge in [0.15, 0.2) is 0 Å². The zero-order chi connectivity index (χ0) is 10.6. The molecule has 2 N–H and O–H groups in total. The maximum Gasteiger partial charge on any atom is 0.0477 e. The molecule has 0 aromatic heterocycles. The second-order valence-corrected chi connectivity index (χ2v) is 4.65. The molecule has 84 valence electrons. The first-order valence-electron chi connectivity index (χ1n) is 5.63. The predicted molar refractivity (Wildman–Crippen MR) is 59.4 cm³/mol. The highest BCUT2D eigenvalue weighted by molar-refractivity contribution is 5.00. The molecule has 1 aliphatic heterocycles. The van der Waals surface area contributed by atoms with Crippen molar-refractivity contribution in [2.24, 2.45) is 5.73 Å². The Hall–Kier alpha value is -0.120. The van der Waals surface area contributed by atoms with Crippen molar-refractivity contribution < 1.29 is 4.74 Å². The number of nitrogens with two attached hydrogens (primary N) is 1. The molecule has 1 saturated heterocycles. The van der Waals surface area contributed by atoms with Crippen molar-refractivity contribution in [3.8, 4) is 0 Å². The minimum absolute atomic E-state index is 0.107. The molecule has 14 heavy (non-hydrogen) atoms. The summed E-state index contributed by atoms with van der Waals surface area (Å²) in [4.78, 5) is 2.45. The summed E-state index contributed by atoms with van der Waals surface area (Å²) in [6.45, 7) is 7.43. The SMILES string of the molecule is CCCC1(N)CN(C(C)CCOC)C1. The number of ether oxygens (including phenoxy) is 1. The Kier molecular flexibility index (Phi) is 4.35. The number of methoxy groups -OCH3 is 1. The van der Waals surface area contributed by atoms with Gasteiger partial charge in [0.05, 0.1) is 0 Å². The maximum absolute atomic E-state index is 6.20. The molecule has 0 radical (unpaired) electrons. The summed E-state index contributed by atoms with van der Waals surface area (Å²) >= 11 is 0. The number of likely N-dealkylation sites (tertiary alicyclic amines) is 1. The zero-order valence-electron chi connectivity index (χ0n) is 9.75. The van der Waals surface area contributed by atoms with E-state index in [-0.39, 0.29) is 5.54 Å². The topological polar surface area (TPSA) is 38.5 Å². The van der Waals surface area contributed by atoms with Gasteiger partial charge >= 0.3 is 0 Å². The van der Waals surface area contributed by atoms with E-state index in [1.165, 1.54) is 6.42 Å². The molecule has 0 aliphatic carbocycles. The normalized spacial score (nSPS) is 23.1. The van der Waals surface area contributed by atoms with E-state index < -0.39 is 0 Å². The largest absolute Gasteiger partial charge is 0.385 e. The van der Waals surface area contributed by atoms with Crippen molar-refractivity contribution >= 4 is 0 Å². The van der Waals surface area contributed by atoms with Gasteiger partial charge in [-0.15, -0.1) is 0 Å². The van der Waals surface area contributed by atoms with Crippen molar-refractivity contribution in [3.05, 3.63) is 0 Å². The van der Waals surface area contributed by atoms with Gasteiger partial charge in [-0.05, 0) is 19.8 Å². The van der Waals surface area contributed by atoms with Crippen molar-refractivity contribution in [1.82, 2.24) is 4.90 Å². The second kappa shape index (κ2) is 5.10. The minimum Gasteiger partial charge on any atom is -0.385 e. The third kappa shape index (κ3) is 2.94. The smallest absolute Gasteiger partial charge is 0.0477 e. The van der Waals surface area contributed by atoms with Crippen molar-refractivity contribution in [2.75, 3.05) is 26.8 Å². The Bertz CT molecular complexity index is 167. The molecule has 1 atom stereocenters. The molecule has 0 aromatic rings. The summed E-state index contributed by atoms with van der Waals surface area (Å²) in [7, 11) is 1.76. The molecule has 1 fully saturated rings. The fourth-order valence-electron chi connectivity index (χ4n) is 2.20. The summed E-state index contributed by atoms with van der Waals surface area (Å²) in [6.07, 6.45) is 3.45. The van der Waals surface area contributed by atoms with Crippen LogP contribution in [0, 0.1) is 0 Å². The van der Waals surface area contributed by atoms with Gasteiger partial charge in [0.2, 0.25) is 0 Å². The van der Waals surface area contributed by atoms with E-state index in [4.69, 9.17) is 10.5 Å². The van der Waals surface area contributed by atoms with Crippen molar-refractivity contribution in [1.29, 1.82) is 0 Å². The van der Waals surface area contributed by atoms with Crippen LogP contribution in [0.5, 0.6) is 0 Å². The van der Waals surface area contributed by atoms with Crippen LogP contribution in [0.1, 0.15) is 33.1 Å². The minimum atomic E-state index is 0.107. The Morgan fingerprint density at radius 1 is 1.50 bits per heavy atom. The van der Waals surface area contributed by atoms with Gasteiger partial charge in [-0.2, -0.15) is 0 Å². The van der Waals surface area contributed by atoms with Crippen LogP contribution < -0.4 is 5.73 Å². The Morgan fingerprint density at radius 2 is 2.14 bits per heavy atom. The quantitative estimate of drug-likeness (QED) is 0.701. The Balaban J connectivity index is 2.19. The number of rotatable bonds is 6. The van der Waals surface area contributed by atoms with Crippen LogP contribution >= 0.6 is 0 Å². The highest BCUT2D eigenvalue weighted by Gasteiger charge is 2.40. The first-order valence-corrected chi connectivity index (χ1v) is 5.63. The van der Waals surface area contributed by atoms with Crippen LogP contribution in [0.3, 0.4) is 0 Å². The lowest BCUT2D eigenvalue weighted by Crippen LogP contribution is -2.69. The molecule has 1 rings (SSSR count). The summed E-state index contributed by atoms with van der Waals surface area (Å²) in [6, 6.07) is 0.614. The summed E-state index contributed by atoms with van der Waals surface area (Å²) in [5.74, 6) is 0. The second-order valence-electron chi connectivity index (χ2n) is 4.65. The molecule has 3 heteroatoms. The fraction of sp³-hybridized carbons (Fsp3) is 1.00. The van der Waals surface area contributed by atoms with Crippen LogP contribution in [0.2, 0.25) is 0 Å². The highest BCUT2D eigenvalue weighted by Crippen LogP contribution is 2.25. The first kappa shape index (κ1) is 12.0. The monoisotopic (exact) mass is 200 g/mol. The number of hydrogen-bond donors (Lipinski definition) is 1. The molecule has 1 unspecified atom stereocenters. The third-order valence-electron chi connectivity index (χ3n) is 3.15. The molecule has 0 bridgehead atoms. The molecule has 0 aromatic carbocycles. The third-order valence-corrected chi connectivity index (χ3v) is 3.15. The lowest BCUT2D eigenvalue weighted by molar-refractivity contribution is 0.0181. The lowest BCUT2D eigenvalue weighted by atomic mass is 9.85. The maximum atomic E-state index is 6.20. The number of hydrogen-bond acceptors (Lipinski definition) is 3. The zero-order valence-corrected chi connectivity index (χ0v) is 9.75. The summed E-state index contributed by atoms with van der Waals surface area (Å²) < 4.78 is 5.07. The van der Waals surface area contributed by atoms with Crippen LogP contribution in [-0.4, -0.2) is 43.3 Å². The van der Waals surface area contributed by atoms with Gasteiger partial charge in [-0.1, -0.05) is 13.3 Å². The highest BCUT2D eigenvalue weighted by atomic mass is 16.5. The Labute approximate surface area is 87.6 Å². The van der Waals surface area contributed by atoms with Crippen LogP contribution in [0.4, 0.5) is 0 Å². The number of nitrogens with zero attached hydrogens (tertiary/aromatic N) is 1. The van der Waals surface area contributed by atoms with Gasteiger partial charge < -0.3 is 10.5 Å². The molecule has 1 heterocycles. The predicted octanol–water partition coefficient (Wildman–Crippen LogP) is 1.22. The van der Waals surface area contributed by atoms with Gasteiger partial charge in [0.1, 0.15) is 0 Å². The Morgan fingerprint density at radius 3 is 2.64 bits per heavy atom. The molecule has 1 aliphatic rings. The fourth-order valence-corrected chi connectivity index (χ4v) is 2.20. The molecule has 0 saturated carbocycles. The van der Waals surface area contributed by atoms with E-state index in [1.807, 2.05) is 0 Å². The average Bonchev–Trinajstić information content (AvgIpc) is 2.10. The molecular formula is C11H24N2O. The van der Waals surface area contributed by atoms with E-state index in [0.29, 0.717) is 6.04 Å². The van der Waals surface area contributed by atoms with E-state index in [1.54, 1.807) is 7.11 Å². The molecular weight excluding hydrogens is 176 g/mol. The van der Waals surface area contributed by atoms with Crippen LogP contribution in [0.25, 0.3) is 0 Å². The van der Waals surface area contributed by atoms with E-state index in [2.05, 4.69) is 18.7 Å². The molecule has 3 nitrogen and oxygen atoms in total. The van der Waals surface area contributed by atoms with E-state index in [9.17, 15) is 0 Å². The average molecular weight is 200 g/mol. The van der Waals surface area contributed by atoms with Crippen LogP contribution in [0.15, 0.2) is 0 Å². The summed E-state index contributed by atoms with van der Waals surface area (Å²) in [5.41, 5.74) is 6.30. The summed E-state index contributed by atoms with van der Waals surface area (Å²) in [5, 5.41) is 0.